The molecule has 0 amide bonds. The van der Waals surface area contributed by atoms with Gasteiger partial charge < -0.3 is 15.2 Å². The van der Waals surface area contributed by atoms with Crippen LogP contribution >= 0.6 is 11.3 Å². The number of ether oxygens (including phenoxy) is 1. The monoisotopic (exact) mass is 380 g/mol. The summed E-state index contributed by atoms with van der Waals surface area (Å²) in [6, 6.07) is 12.3. The lowest BCUT2D eigenvalue weighted by molar-refractivity contribution is 0.180. The van der Waals surface area contributed by atoms with Crippen molar-refractivity contribution >= 4 is 17.0 Å². The highest BCUT2D eigenvalue weighted by Gasteiger charge is 2.23. The lowest BCUT2D eigenvalue weighted by Crippen LogP contribution is -2.07. The average Bonchev–Trinajstić information content (AvgIpc) is 3.29. The average molecular weight is 381 g/mol. The van der Waals surface area contributed by atoms with Gasteiger partial charge in [0.15, 0.2) is 0 Å². The summed E-state index contributed by atoms with van der Waals surface area (Å²) in [4.78, 5) is 5.80. The third-order valence-electron chi connectivity index (χ3n) is 4.87. The molecule has 27 heavy (non-hydrogen) atoms. The molecule has 1 aliphatic rings. The van der Waals surface area contributed by atoms with Crippen molar-refractivity contribution in [2.45, 2.75) is 38.9 Å². The van der Waals surface area contributed by atoms with Gasteiger partial charge in [0.05, 0.1) is 22.8 Å². The van der Waals surface area contributed by atoms with Crippen LogP contribution < -0.4 is 10.1 Å². The van der Waals surface area contributed by atoms with E-state index in [0.717, 1.165) is 45.3 Å². The highest BCUT2D eigenvalue weighted by atomic mass is 32.1. The van der Waals surface area contributed by atoms with E-state index in [9.17, 15) is 5.11 Å². The molecule has 1 unspecified atom stereocenters. The molecule has 1 heterocycles. The molecule has 5 heteroatoms. The molecular formula is C22H24N2O2S. The fourth-order valence-electron chi connectivity index (χ4n) is 3.61. The molecule has 0 bridgehead atoms. The van der Waals surface area contributed by atoms with Gasteiger partial charge in [0, 0.05) is 18.8 Å². The third kappa shape index (κ3) is 3.45. The predicted octanol–water partition coefficient (Wildman–Crippen LogP) is 5.29. The zero-order valence-corrected chi connectivity index (χ0v) is 16.6. The van der Waals surface area contributed by atoms with Gasteiger partial charge in [0.2, 0.25) is 0 Å². The second-order valence-electron chi connectivity index (χ2n) is 7.09. The number of anilines is 1. The lowest BCUT2D eigenvalue weighted by atomic mass is 10.0. The first-order valence-corrected chi connectivity index (χ1v) is 10.1. The Morgan fingerprint density at radius 2 is 2.11 bits per heavy atom. The van der Waals surface area contributed by atoms with Gasteiger partial charge in [-0.3, -0.25) is 0 Å². The molecule has 1 atom stereocenters. The van der Waals surface area contributed by atoms with Gasteiger partial charge in [-0.25, -0.2) is 4.98 Å². The third-order valence-corrected chi connectivity index (χ3v) is 5.95. The number of fused-ring (bicyclic) bond motifs is 1. The van der Waals surface area contributed by atoms with E-state index in [1.165, 1.54) is 11.1 Å². The van der Waals surface area contributed by atoms with Gasteiger partial charge in [-0.05, 0) is 61.6 Å². The number of nitrogens with zero attached hydrogens (tertiary/aromatic N) is 1. The molecular weight excluding hydrogens is 356 g/mol. The Hall–Kier alpha value is -2.37. The lowest BCUT2D eigenvalue weighted by Gasteiger charge is -2.14. The summed E-state index contributed by atoms with van der Waals surface area (Å²) in [6.45, 7) is 4.05. The normalized spacial score (nSPS) is 15.8. The number of aromatic nitrogens is 1. The predicted molar refractivity (Wildman–Crippen MR) is 112 cm³/mol. The Morgan fingerprint density at radius 1 is 1.26 bits per heavy atom. The largest absolute Gasteiger partial charge is 0.489 e. The summed E-state index contributed by atoms with van der Waals surface area (Å²) in [5.41, 5.74) is 5.55. The van der Waals surface area contributed by atoms with Crippen molar-refractivity contribution < 1.29 is 9.84 Å². The van der Waals surface area contributed by atoms with Crippen molar-refractivity contribution in [1.82, 2.24) is 4.98 Å². The smallest absolute Gasteiger partial charge is 0.142 e. The van der Waals surface area contributed by atoms with E-state index in [1.54, 1.807) is 11.3 Å². The van der Waals surface area contributed by atoms with E-state index < -0.39 is 0 Å². The molecule has 140 valence electrons. The van der Waals surface area contributed by atoms with E-state index in [2.05, 4.69) is 28.5 Å². The standard InChI is InChI=1S/C22H24N2O2S/c1-13(2)26-20-10-7-14(11-18(20)23-3)22-24-12-21(27-22)17-6-4-5-16-15(17)8-9-19(16)25/h4-7,10-13,19,23,25H,8-9H2,1-3H3. The number of hydrogen-bond acceptors (Lipinski definition) is 5. The maximum absolute atomic E-state index is 10.2. The Balaban J connectivity index is 1.68. The summed E-state index contributed by atoms with van der Waals surface area (Å²) in [7, 11) is 1.90. The topological polar surface area (TPSA) is 54.4 Å². The van der Waals surface area contributed by atoms with Gasteiger partial charge in [-0.1, -0.05) is 18.2 Å². The Labute approximate surface area is 163 Å². The van der Waals surface area contributed by atoms with Crippen molar-refractivity contribution in [2.75, 3.05) is 12.4 Å². The van der Waals surface area contributed by atoms with Gasteiger partial charge in [-0.15, -0.1) is 11.3 Å². The first-order valence-electron chi connectivity index (χ1n) is 9.31. The molecule has 2 N–H and O–H groups in total. The molecule has 4 nitrogen and oxygen atoms in total. The number of hydrogen-bond donors (Lipinski definition) is 2. The van der Waals surface area contributed by atoms with E-state index >= 15 is 0 Å². The minimum absolute atomic E-state index is 0.130. The minimum atomic E-state index is -0.334. The summed E-state index contributed by atoms with van der Waals surface area (Å²) in [6.07, 6.45) is 3.47. The molecule has 0 spiro atoms. The highest BCUT2D eigenvalue weighted by Crippen LogP contribution is 2.41. The van der Waals surface area contributed by atoms with Crippen LogP contribution in [0.4, 0.5) is 5.69 Å². The van der Waals surface area contributed by atoms with Crippen molar-refractivity contribution in [3.05, 3.63) is 53.7 Å². The summed E-state index contributed by atoms with van der Waals surface area (Å²) in [5.74, 6) is 0.850. The minimum Gasteiger partial charge on any atom is -0.489 e. The highest BCUT2D eigenvalue weighted by molar-refractivity contribution is 7.18. The van der Waals surface area contributed by atoms with Crippen molar-refractivity contribution in [2.24, 2.45) is 0 Å². The van der Waals surface area contributed by atoms with Gasteiger partial charge in [-0.2, -0.15) is 0 Å². The quantitative estimate of drug-likeness (QED) is 0.632. The molecule has 0 fully saturated rings. The maximum Gasteiger partial charge on any atom is 0.142 e. The molecule has 3 aromatic rings. The number of aliphatic hydroxyl groups is 1. The van der Waals surface area contributed by atoms with Crippen LogP contribution in [0.1, 0.15) is 37.5 Å². The maximum atomic E-state index is 10.2. The molecule has 1 aromatic heterocycles. The SMILES string of the molecule is CNc1cc(-c2ncc(-c3cccc4c3CCC4O)s2)ccc1OC(C)C. The molecule has 0 saturated carbocycles. The van der Waals surface area contributed by atoms with Gasteiger partial charge in [0.1, 0.15) is 10.8 Å². The molecule has 0 saturated heterocycles. The zero-order chi connectivity index (χ0) is 19.0. The van der Waals surface area contributed by atoms with Crippen molar-refractivity contribution in [3.8, 4) is 26.8 Å². The molecule has 0 aliphatic heterocycles. The number of nitrogens with one attached hydrogen (secondary N) is 1. The van der Waals surface area contributed by atoms with Crippen LogP contribution in [0.3, 0.4) is 0 Å². The Bertz CT molecular complexity index is 965. The van der Waals surface area contributed by atoms with Crippen LogP contribution in [0.2, 0.25) is 0 Å². The second-order valence-corrected chi connectivity index (χ2v) is 8.12. The first kappa shape index (κ1) is 18.0. The van der Waals surface area contributed by atoms with Gasteiger partial charge in [0.25, 0.3) is 0 Å². The number of aliphatic hydroxyl groups excluding tert-OH is 1. The van der Waals surface area contributed by atoms with Crippen LogP contribution in [0.5, 0.6) is 5.75 Å². The molecule has 1 aliphatic carbocycles. The summed E-state index contributed by atoms with van der Waals surface area (Å²) < 4.78 is 5.86. The van der Waals surface area contributed by atoms with Crippen LogP contribution in [-0.2, 0) is 6.42 Å². The number of benzene rings is 2. The van der Waals surface area contributed by atoms with Crippen LogP contribution in [0.25, 0.3) is 21.0 Å². The van der Waals surface area contributed by atoms with Crippen LogP contribution in [0.15, 0.2) is 42.6 Å². The van der Waals surface area contributed by atoms with E-state index in [0.29, 0.717) is 0 Å². The Kier molecular flexibility index (Phi) is 4.89. The fraction of sp³-hybridized carbons (Fsp3) is 0.318. The van der Waals surface area contributed by atoms with E-state index in [4.69, 9.17) is 4.74 Å². The van der Waals surface area contributed by atoms with Crippen LogP contribution in [0, 0.1) is 0 Å². The molecule has 2 aromatic carbocycles. The fourth-order valence-corrected chi connectivity index (χ4v) is 4.58. The second kappa shape index (κ2) is 7.33. The van der Waals surface area contributed by atoms with Gasteiger partial charge >= 0.3 is 0 Å². The number of rotatable bonds is 5. The summed E-state index contributed by atoms with van der Waals surface area (Å²) >= 11 is 1.68. The van der Waals surface area contributed by atoms with E-state index in [1.807, 2.05) is 45.3 Å². The van der Waals surface area contributed by atoms with Crippen molar-refractivity contribution in [1.29, 1.82) is 0 Å². The zero-order valence-electron chi connectivity index (χ0n) is 15.8. The van der Waals surface area contributed by atoms with Crippen molar-refractivity contribution in [3.63, 3.8) is 0 Å². The van der Waals surface area contributed by atoms with E-state index in [-0.39, 0.29) is 12.2 Å². The molecule has 0 radical (unpaired) electrons. The van der Waals surface area contributed by atoms with Crippen LogP contribution in [-0.4, -0.2) is 23.2 Å². The Morgan fingerprint density at radius 3 is 2.89 bits per heavy atom. The number of thiazole rings is 1. The molecule has 4 rings (SSSR count). The summed E-state index contributed by atoms with van der Waals surface area (Å²) in [5, 5.41) is 14.3. The first-order chi connectivity index (χ1) is 13.1.